The number of hydrogen-bond acceptors (Lipinski definition) is 4. The summed E-state index contributed by atoms with van der Waals surface area (Å²) in [6.07, 6.45) is 1.01. The highest BCUT2D eigenvalue weighted by molar-refractivity contribution is 6.12. The topological polar surface area (TPSA) is 77.8 Å². The highest BCUT2D eigenvalue weighted by Gasteiger charge is 2.26. The Morgan fingerprint density at radius 3 is 2.26 bits per heavy atom. The fourth-order valence-corrected chi connectivity index (χ4v) is 2.87. The Labute approximate surface area is 133 Å². The van der Waals surface area contributed by atoms with Crippen molar-refractivity contribution in [2.45, 2.75) is 19.1 Å². The largest absolute Gasteiger partial charge is 0.478 e. The van der Waals surface area contributed by atoms with Crippen LogP contribution in [0.25, 0.3) is 0 Å². The van der Waals surface area contributed by atoms with E-state index in [1.54, 1.807) is 12.1 Å². The van der Waals surface area contributed by atoms with Gasteiger partial charge in [-0.1, -0.05) is 24.3 Å². The van der Waals surface area contributed by atoms with Gasteiger partial charge >= 0.3 is 5.97 Å². The molecule has 0 radical (unpaired) electrons. The number of ketones is 1. The van der Waals surface area contributed by atoms with Crippen LogP contribution < -0.4 is 4.90 Å². The van der Waals surface area contributed by atoms with Gasteiger partial charge in [-0.2, -0.15) is 0 Å². The molecule has 1 fully saturated rings. The Hall–Kier alpha value is -2.66. The lowest BCUT2D eigenvalue weighted by Crippen LogP contribution is -2.30. The number of carboxylic acids is 1. The number of benzene rings is 2. The Morgan fingerprint density at radius 1 is 1.00 bits per heavy atom. The highest BCUT2D eigenvalue weighted by atomic mass is 16.4. The average Bonchev–Trinajstić information content (AvgIpc) is 3.00. The summed E-state index contributed by atoms with van der Waals surface area (Å²) in [6.45, 7) is 0.712. The summed E-state index contributed by atoms with van der Waals surface area (Å²) in [4.78, 5) is 25.5. The van der Waals surface area contributed by atoms with Crippen LogP contribution in [0.1, 0.15) is 39.1 Å². The van der Waals surface area contributed by atoms with Crippen LogP contribution >= 0.6 is 0 Å². The fourth-order valence-electron chi connectivity index (χ4n) is 2.87. The number of carbonyl (C=O) groups excluding carboxylic acids is 1. The molecule has 23 heavy (non-hydrogen) atoms. The second-order valence-corrected chi connectivity index (χ2v) is 5.55. The van der Waals surface area contributed by atoms with Gasteiger partial charge in [0.1, 0.15) is 6.23 Å². The zero-order chi connectivity index (χ0) is 16.4. The minimum atomic E-state index is -1.02. The van der Waals surface area contributed by atoms with Crippen LogP contribution in [0.3, 0.4) is 0 Å². The SMILES string of the molecule is O=C(O)c1ccc(C(=O)c2ccccc2N2CCCC2O)cc1. The van der Waals surface area contributed by atoms with Crippen molar-refractivity contribution in [3.05, 3.63) is 65.2 Å². The molecule has 0 aromatic heterocycles. The summed E-state index contributed by atoms with van der Waals surface area (Å²) < 4.78 is 0. The molecule has 5 nitrogen and oxygen atoms in total. The summed E-state index contributed by atoms with van der Waals surface area (Å²) in [5, 5.41) is 19.0. The molecule has 3 rings (SSSR count). The van der Waals surface area contributed by atoms with Gasteiger partial charge in [-0.05, 0) is 37.1 Å². The van der Waals surface area contributed by atoms with Gasteiger partial charge in [0.15, 0.2) is 5.78 Å². The number of nitrogens with zero attached hydrogens (tertiary/aromatic N) is 1. The number of hydrogen-bond donors (Lipinski definition) is 2. The molecule has 0 aliphatic carbocycles. The number of aliphatic hydroxyl groups is 1. The minimum absolute atomic E-state index is 0.143. The minimum Gasteiger partial charge on any atom is -0.478 e. The zero-order valence-electron chi connectivity index (χ0n) is 12.5. The van der Waals surface area contributed by atoms with Crippen LogP contribution in [0.5, 0.6) is 0 Å². The van der Waals surface area contributed by atoms with Crippen molar-refractivity contribution in [3.63, 3.8) is 0 Å². The maximum atomic E-state index is 12.8. The Bertz CT molecular complexity index is 739. The molecule has 2 aromatic carbocycles. The zero-order valence-corrected chi connectivity index (χ0v) is 12.5. The first-order valence-electron chi connectivity index (χ1n) is 7.50. The van der Waals surface area contributed by atoms with E-state index < -0.39 is 12.2 Å². The fraction of sp³-hybridized carbons (Fsp3) is 0.222. The van der Waals surface area contributed by atoms with E-state index in [1.807, 2.05) is 17.0 Å². The normalized spacial score (nSPS) is 17.3. The lowest BCUT2D eigenvalue weighted by Gasteiger charge is -2.24. The van der Waals surface area contributed by atoms with Crippen LogP contribution in [-0.4, -0.2) is 34.7 Å². The smallest absolute Gasteiger partial charge is 0.335 e. The third-order valence-corrected chi connectivity index (χ3v) is 4.07. The van der Waals surface area contributed by atoms with Crippen molar-refractivity contribution in [2.75, 3.05) is 11.4 Å². The van der Waals surface area contributed by atoms with Crippen molar-refractivity contribution < 1.29 is 19.8 Å². The van der Waals surface area contributed by atoms with E-state index in [4.69, 9.17) is 5.11 Å². The molecule has 5 heteroatoms. The highest BCUT2D eigenvalue weighted by Crippen LogP contribution is 2.29. The first-order valence-corrected chi connectivity index (χ1v) is 7.50. The first-order chi connectivity index (χ1) is 11.1. The second kappa shape index (κ2) is 6.22. The van der Waals surface area contributed by atoms with E-state index >= 15 is 0 Å². The van der Waals surface area contributed by atoms with Crippen molar-refractivity contribution in [1.29, 1.82) is 0 Å². The number of aromatic carboxylic acids is 1. The average molecular weight is 311 g/mol. The van der Waals surface area contributed by atoms with E-state index in [0.29, 0.717) is 29.8 Å². The second-order valence-electron chi connectivity index (χ2n) is 5.55. The van der Waals surface area contributed by atoms with Crippen LogP contribution in [0.4, 0.5) is 5.69 Å². The molecule has 0 amide bonds. The number of anilines is 1. The predicted octanol–water partition coefficient (Wildman–Crippen LogP) is 2.53. The molecule has 0 bridgehead atoms. The van der Waals surface area contributed by atoms with Crippen LogP contribution in [0.2, 0.25) is 0 Å². The van der Waals surface area contributed by atoms with E-state index in [0.717, 1.165) is 6.42 Å². The predicted molar refractivity (Wildman–Crippen MR) is 85.9 cm³/mol. The van der Waals surface area contributed by atoms with Gasteiger partial charge in [0, 0.05) is 23.4 Å². The summed E-state index contributed by atoms with van der Waals surface area (Å²) in [6, 6.07) is 13.1. The molecule has 0 saturated carbocycles. The van der Waals surface area contributed by atoms with Gasteiger partial charge in [-0.15, -0.1) is 0 Å². The summed E-state index contributed by atoms with van der Waals surface area (Å²) in [5.41, 5.74) is 1.79. The van der Waals surface area contributed by atoms with E-state index in [-0.39, 0.29) is 11.3 Å². The number of para-hydroxylation sites is 1. The standard InChI is InChI=1S/C18H17NO4/c20-16-6-3-11-19(16)15-5-2-1-4-14(15)17(21)12-7-9-13(10-8-12)18(22)23/h1-2,4-5,7-10,16,20H,3,6,11H2,(H,22,23). The van der Waals surface area contributed by atoms with Gasteiger partial charge in [-0.25, -0.2) is 4.79 Å². The van der Waals surface area contributed by atoms with Crippen molar-refractivity contribution in [3.8, 4) is 0 Å². The maximum Gasteiger partial charge on any atom is 0.335 e. The summed E-state index contributed by atoms with van der Waals surface area (Å²) in [5.74, 6) is -1.21. The van der Waals surface area contributed by atoms with Crippen LogP contribution in [0, 0.1) is 0 Å². The number of rotatable bonds is 4. The Balaban J connectivity index is 1.95. The van der Waals surface area contributed by atoms with E-state index in [9.17, 15) is 14.7 Å². The molecule has 1 unspecified atom stereocenters. The quantitative estimate of drug-likeness (QED) is 0.848. The lowest BCUT2D eigenvalue weighted by molar-refractivity contribution is 0.0696. The molecule has 0 spiro atoms. The van der Waals surface area contributed by atoms with Gasteiger partial charge in [0.25, 0.3) is 0 Å². The molecule has 118 valence electrons. The van der Waals surface area contributed by atoms with E-state index in [1.165, 1.54) is 24.3 Å². The first kappa shape index (κ1) is 15.2. The van der Waals surface area contributed by atoms with Gasteiger partial charge in [-0.3, -0.25) is 4.79 Å². The summed E-state index contributed by atoms with van der Waals surface area (Å²) in [7, 11) is 0. The Morgan fingerprint density at radius 2 is 1.65 bits per heavy atom. The van der Waals surface area contributed by atoms with Gasteiger partial charge in [0.05, 0.1) is 5.56 Å². The molecule has 1 atom stereocenters. The van der Waals surface area contributed by atoms with Crippen LogP contribution in [-0.2, 0) is 0 Å². The van der Waals surface area contributed by atoms with Gasteiger partial charge in [0.2, 0.25) is 0 Å². The Kier molecular flexibility index (Phi) is 4.12. The third kappa shape index (κ3) is 2.96. The molecular formula is C18H17NO4. The van der Waals surface area contributed by atoms with E-state index in [2.05, 4.69) is 0 Å². The molecule has 1 saturated heterocycles. The number of carboxylic acid groups (broad SMARTS) is 1. The van der Waals surface area contributed by atoms with Crippen LogP contribution in [0.15, 0.2) is 48.5 Å². The summed E-state index contributed by atoms with van der Waals surface area (Å²) >= 11 is 0. The molecule has 2 N–H and O–H groups in total. The third-order valence-electron chi connectivity index (χ3n) is 4.07. The molecule has 1 heterocycles. The molecule has 1 aliphatic rings. The number of carbonyl (C=O) groups is 2. The van der Waals surface area contributed by atoms with Crippen molar-refractivity contribution >= 4 is 17.4 Å². The lowest BCUT2D eigenvalue weighted by atomic mass is 10.00. The van der Waals surface area contributed by atoms with Crippen molar-refractivity contribution in [2.24, 2.45) is 0 Å². The maximum absolute atomic E-state index is 12.8. The molecular weight excluding hydrogens is 294 g/mol. The molecule has 2 aromatic rings. The van der Waals surface area contributed by atoms with Crippen molar-refractivity contribution in [1.82, 2.24) is 0 Å². The van der Waals surface area contributed by atoms with Gasteiger partial charge < -0.3 is 15.1 Å². The molecule has 1 aliphatic heterocycles. The number of aliphatic hydroxyl groups excluding tert-OH is 1. The monoisotopic (exact) mass is 311 g/mol.